The molecular formula is C6H11N8P. The van der Waals surface area contributed by atoms with Crippen LogP contribution in [0.1, 0.15) is 0 Å². The van der Waals surface area contributed by atoms with Gasteiger partial charge in [-0.25, -0.2) is 9.97 Å². The maximum Gasteiger partial charge on any atom is 0.209 e. The molecule has 2 aromatic rings. The molecule has 0 aromatic carbocycles. The summed E-state index contributed by atoms with van der Waals surface area (Å²) >= 11 is 0. The summed E-state index contributed by atoms with van der Waals surface area (Å²) in [7, 11) is -2.76. The van der Waals surface area contributed by atoms with Gasteiger partial charge in [0, 0.05) is 24.8 Å². The standard InChI is InChI=1S/C6H11N8P/c7-15(8,13-5-9-1-2-10-5)14-6-11-3-4-12-6/h1-4H,(H7,7,8,9,10,11,12,13,14). The molecule has 2 rings (SSSR count). The van der Waals surface area contributed by atoms with Crippen LogP contribution in [0.4, 0.5) is 11.9 Å². The SMILES string of the molecule is N=P(N)(Nc1ncc[nH]1)Nc1ncc[nH]1. The number of nitrogens with two attached hydrogens (primary N) is 1. The van der Waals surface area contributed by atoms with Crippen LogP contribution in [0.25, 0.3) is 0 Å². The van der Waals surface area contributed by atoms with Crippen molar-refractivity contribution in [3.8, 4) is 0 Å². The highest BCUT2D eigenvalue weighted by molar-refractivity contribution is 7.65. The maximum absolute atomic E-state index is 7.83. The predicted molar refractivity (Wildman–Crippen MR) is 58.2 cm³/mol. The molecule has 2 heterocycles. The van der Waals surface area contributed by atoms with Crippen molar-refractivity contribution < 1.29 is 0 Å². The van der Waals surface area contributed by atoms with Gasteiger partial charge in [-0.2, -0.15) is 0 Å². The number of hydrogen-bond donors (Lipinski definition) is 6. The van der Waals surface area contributed by atoms with Crippen LogP contribution in [-0.4, -0.2) is 19.9 Å². The minimum absolute atomic E-state index is 0.458. The van der Waals surface area contributed by atoms with Crippen molar-refractivity contribution in [2.75, 3.05) is 10.2 Å². The zero-order chi connectivity index (χ0) is 10.7. The number of aromatic amines is 2. The lowest BCUT2D eigenvalue weighted by atomic mass is 11.0. The normalized spacial score (nSPS) is 11.3. The number of imidazole rings is 2. The lowest BCUT2D eigenvalue weighted by molar-refractivity contribution is 1.28. The van der Waals surface area contributed by atoms with Gasteiger partial charge in [0.1, 0.15) is 0 Å². The Labute approximate surface area is 85.7 Å². The monoisotopic (exact) mass is 226 g/mol. The molecule has 0 aliphatic heterocycles. The van der Waals surface area contributed by atoms with E-state index < -0.39 is 7.51 Å². The molecule has 0 radical (unpaired) electrons. The van der Waals surface area contributed by atoms with Gasteiger partial charge in [0.25, 0.3) is 0 Å². The topological polar surface area (TPSA) is 131 Å². The first kappa shape index (κ1) is 9.75. The molecule has 80 valence electrons. The van der Waals surface area contributed by atoms with Crippen LogP contribution >= 0.6 is 7.51 Å². The molecule has 0 saturated heterocycles. The summed E-state index contributed by atoms with van der Waals surface area (Å²) in [5.41, 5.74) is 5.73. The van der Waals surface area contributed by atoms with Crippen LogP contribution in [0.5, 0.6) is 0 Å². The van der Waals surface area contributed by atoms with E-state index in [1.165, 1.54) is 0 Å². The Morgan fingerprint density at radius 3 is 1.93 bits per heavy atom. The minimum Gasteiger partial charge on any atom is -0.331 e. The number of rotatable bonds is 4. The summed E-state index contributed by atoms with van der Waals surface area (Å²) in [6.45, 7) is 0. The van der Waals surface area contributed by atoms with Gasteiger partial charge < -0.3 is 9.97 Å². The first-order valence-corrected chi connectivity index (χ1v) is 5.99. The molecule has 0 aliphatic carbocycles. The first-order chi connectivity index (χ1) is 7.16. The van der Waals surface area contributed by atoms with Gasteiger partial charge in [0.2, 0.25) is 19.4 Å². The zero-order valence-corrected chi connectivity index (χ0v) is 8.62. The van der Waals surface area contributed by atoms with Crippen molar-refractivity contribution >= 4 is 19.4 Å². The number of hydrogen-bond acceptors (Lipinski definition) is 3. The molecule has 15 heavy (non-hydrogen) atoms. The molecule has 0 fully saturated rings. The summed E-state index contributed by atoms with van der Waals surface area (Å²) in [5, 5.41) is 13.3. The second kappa shape index (κ2) is 3.76. The Hall–Kier alpha value is -1.79. The molecule has 0 unspecified atom stereocenters. The second-order valence-electron chi connectivity index (χ2n) is 2.82. The fraction of sp³-hybridized carbons (Fsp3) is 0. The molecule has 0 aliphatic rings. The smallest absolute Gasteiger partial charge is 0.209 e. The van der Waals surface area contributed by atoms with Crippen LogP contribution in [-0.2, 0) is 0 Å². The van der Waals surface area contributed by atoms with E-state index in [-0.39, 0.29) is 0 Å². The van der Waals surface area contributed by atoms with Gasteiger partial charge >= 0.3 is 0 Å². The molecule has 0 amide bonds. The summed E-state index contributed by atoms with van der Waals surface area (Å²) in [6.07, 6.45) is 6.45. The molecule has 7 N–H and O–H groups in total. The fourth-order valence-corrected chi connectivity index (χ4v) is 1.98. The molecular weight excluding hydrogens is 215 g/mol. The summed E-state index contributed by atoms with van der Waals surface area (Å²) in [4.78, 5) is 13.5. The van der Waals surface area contributed by atoms with E-state index >= 15 is 0 Å². The van der Waals surface area contributed by atoms with Gasteiger partial charge in [-0.15, -0.1) is 0 Å². The van der Waals surface area contributed by atoms with E-state index in [1.54, 1.807) is 24.8 Å². The van der Waals surface area contributed by atoms with E-state index in [0.29, 0.717) is 11.9 Å². The van der Waals surface area contributed by atoms with Crippen LogP contribution in [0.15, 0.2) is 24.8 Å². The van der Waals surface area contributed by atoms with Gasteiger partial charge in [-0.05, 0) is 0 Å². The van der Waals surface area contributed by atoms with Gasteiger partial charge in [-0.3, -0.25) is 20.8 Å². The van der Waals surface area contributed by atoms with Crippen molar-refractivity contribution in [2.24, 2.45) is 5.50 Å². The Kier molecular flexibility index (Phi) is 2.44. The fourth-order valence-electron chi connectivity index (χ4n) is 1.01. The Morgan fingerprint density at radius 2 is 1.60 bits per heavy atom. The van der Waals surface area contributed by atoms with E-state index in [1.807, 2.05) is 0 Å². The second-order valence-corrected chi connectivity index (χ2v) is 4.71. The van der Waals surface area contributed by atoms with Gasteiger partial charge in [0.15, 0.2) is 0 Å². The van der Waals surface area contributed by atoms with Gasteiger partial charge in [-0.1, -0.05) is 0 Å². The summed E-state index contributed by atoms with van der Waals surface area (Å²) < 4.78 is 0. The Balaban J connectivity index is 2.04. The largest absolute Gasteiger partial charge is 0.331 e. The lowest BCUT2D eigenvalue weighted by Crippen LogP contribution is -2.14. The molecule has 9 heteroatoms. The minimum atomic E-state index is -2.76. The van der Waals surface area contributed by atoms with Crippen molar-refractivity contribution in [3.05, 3.63) is 24.8 Å². The van der Waals surface area contributed by atoms with Crippen molar-refractivity contribution in [2.45, 2.75) is 0 Å². The summed E-state index contributed by atoms with van der Waals surface area (Å²) in [5.74, 6) is 0.916. The van der Waals surface area contributed by atoms with Crippen LogP contribution < -0.4 is 15.7 Å². The molecule has 0 spiro atoms. The molecule has 0 atom stereocenters. The first-order valence-electron chi connectivity index (χ1n) is 4.14. The maximum atomic E-state index is 7.83. The third kappa shape index (κ3) is 2.58. The average Bonchev–Trinajstić information content (AvgIpc) is 2.75. The van der Waals surface area contributed by atoms with Crippen molar-refractivity contribution in [1.82, 2.24) is 19.9 Å². The van der Waals surface area contributed by atoms with E-state index in [4.69, 9.17) is 10.7 Å². The Morgan fingerprint density at radius 1 is 1.13 bits per heavy atom. The lowest BCUT2D eigenvalue weighted by Gasteiger charge is -2.17. The van der Waals surface area contributed by atoms with Crippen molar-refractivity contribution in [1.29, 1.82) is 5.16 Å². The number of anilines is 2. The van der Waals surface area contributed by atoms with E-state index in [2.05, 4.69) is 30.1 Å². The zero-order valence-electron chi connectivity index (χ0n) is 7.73. The van der Waals surface area contributed by atoms with Gasteiger partial charge in [0.05, 0.1) is 0 Å². The highest BCUT2D eigenvalue weighted by atomic mass is 31.2. The number of H-pyrrole nitrogens is 2. The van der Waals surface area contributed by atoms with E-state index in [0.717, 1.165) is 0 Å². The quantitative estimate of drug-likeness (QED) is 0.435. The van der Waals surface area contributed by atoms with Crippen LogP contribution in [0, 0.1) is 5.16 Å². The molecule has 0 bridgehead atoms. The van der Waals surface area contributed by atoms with Crippen LogP contribution in [0.2, 0.25) is 0 Å². The number of nitrogens with one attached hydrogen (secondary N) is 5. The Bertz CT molecular complexity index is 405. The van der Waals surface area contributed by atoms with Crippen LogP contribution in [0.3, 0.4) is 0 Å². The highest BCUT2D eigenvalue weighted by Gasteiger charge is 2.12. The molecule has 2 aromatic heterocycles. The molecule has 8 nitrogen and oxygen atoms in total. The third-order valence-corrected chi connectivity index (χ3v) is 2.69. The van der Waals surface area contributed by atoms with Crippen molar-refractivity contribution in [3.63, 3.8) is 0 Å². The highest BCUT2D eigenvalue weighted by Crippen LogP contribution is 2.35. The predicted octanol–water partition coefficient (Wildman–Crippen LogP) is 1.14. The third-order valence-electron chi connectivity index (χ3n) is 1.56. The number of nitrogens with zero attached hydrogens (tertiary/aromatic N) is 2. The summed E-state index contributed by atoms with van der Waals surface area (Å²) in [6, 6.07) is 0. The van der Waals surface area contributed by atoms with E-state index in [9.17, 15) is 0 Å². The molecule has 0 saturated carbocycles. The number of aromatic nitrogens is 4. The average molecular weight is 226 g/mol.